The van der Waals surface area contributed by atoms with Crippen LogP contribution < -0.4 is 4.90 Å². The Kier molecular flexibility index (Phi) is 6.67. The van der Waals surface area contributed by atoms with Crippen molar-refractivity contribution >= 4 is 11.6 Å². The molecule has 5 heteroatoms. The molecule has 0 saturated heterocycles. The molecular weight excluding hydrogens is 264 g/mol. The average Bonchev–Trinajstić information content (AvgIpc) is 2.53. The number of aromatic nitrogens is 1. The van der Waals surface area contributed by atoms with Crippen LogP contribution in [0.15, 0.2) is 18.3 Å². The van der Waals surface area contributed by atoms with Gasteiger partial charge in [-0.1, -0.05) is 0 Å². The lowest BCUT2D eigenvalue weighted by Gasteiger charge is -2.25. The Hall–Kier alpha value is -2.09. The summed E-state index contributed by atoms with van der Waals surface area (Å²) in [5, 5.41) is 8.96. The predicted molar refractivity (Wildman–Crippen MR) is 84.2 cm³/mol. The Bertz CT molecular complexity index is 505. The largest absolute Gasteiger partial charge is 0.370 e. The zero-order valence-electron chi connectivity index (χ0n) is 13.3. The molecule has 0 aromatic carbocycles. The molecule has 1 unspecified atom stereocenters. The number of nitrogens with zero attached hydrogens (tertiary/aromatic N) is 4. The van der Waals surface area contributed by atoms with Crippen molar-refractivity contribution in [3.05, 3.63) is 24.0 Å². The molecule has 0 N–H and O–H groups in total. The van der Waals surface area contributed by atoms with Crippen molar-refractivity contribution < 1.29 is 4.79 Å². The first-order chi connectivity index (χ1) is 10.1. The number of amides is 1. The van der Waals surface area contributed by atoms with Crippen LogP contribution in [0.2, 0.25) is 0 Å². The van der Waals surface area contributed by atoms with Crippen molar-refractivity contribution in [3.63, 3.8) is 0 Å². The lowest BCUT2D eigenvalue weighted by Crippen LogP contribution is -2.32. The molecule has 21 heavy (non-hydrogen) atoms. The summed E-state index contributed by atoms with van der Waals surface area (Å²) < 4.78 is 0. The Morgan fingerprint density at radius 3 is 2.52 bits per heavy atom. The third-order valence-corrected chi connectivity index (χ3v) is 3.47. The van der Waals surface area contributed by atoms with Crippen LogP contribution in [0.1, 0.15) is 38.2 Å². The van der Waals surface area contributed by atoms with Gasteiger partial charge in [-0.15, -0.1) is 0 Å². The van der Waals surface area contributed by atoms with Gasteiger partial charge in [-0.05, 0) is 39.8 Å². The van der Waals surface area contributed by atoms with Gasteiger partial charge in [-0.3, -0.25) is 9.78 Å². The summed E-state index contributed by atoms with van der Waals surface area (Å²) in [6, 6.07) is 5.94. The highest BCUT2D eigenvalue weighted by Gasteiger charge is 2.16. The molecule has 0 saturated carbocycles. The van der Waals surface area contributed by atoms with Gasteiger partial charge >= 0.3 is 0 Å². The Balaban J connectivity index is 2.98. The SMILES string of the molecule is CCN(CC)C(=O)c1cc(N(CC)CC(C)C#N)ccn1. The van der Waals surface area contributed by atoms with Crippen LogP contribution in [-0.4, -0.2) is 42.0 Å². The summed E-state index contributed by atoms with van der Waals surface area (Å²) in [6.07, 6.45) is 1.66. The lowest BCUT2D eigenvalue weighted by atomic mass is 10.1. The first-order valence-electron chi connectivity index (χ1n) is 7.47. The fourth-order valence-corrected chi connectivity index (χ4v) is 2.19. The lowest BCUT2D eigenvalue weighted by molar-refractivity contribution is 0.0767. The van der Waals surface area contributed by atoms with E-state index in [0.29, 0.717) is 25.3 Å². The molecule has 0 fully saturated rings. The van der Waals surface area contributed by atoms with Crippen molar-refractivity contribution in [3.8, 4) is 6.07 Å². The number of hydrogen-bond donors (Lipinski definition) is 0. The molecule has 0 spiro atoms. The van der Waals surface area contributed by atoms with E-state index in [-0.39, 0.29) is 11.8 Å². The van der Waals surface area contributed by atoms with E-state index in [0.717, 1.165) is 12.2 Å². The van der Waals surface area contributed by atoms with E-state index < -0.39 is 0 Å². The van der Waals surface area contributed by atoms with Gasteiger partial charge in [0.15, 0.2) is 0 Å². The second kappa shape index (κ2) is 8.25. The molecular formula is C16H24N4O. The summed E-state index contributed by atoms with van der Waals surface area (Å²) in [6.45, 7) is 10.6. The van der Waals surface area contributed by atoms with Gasteiger partial charge in [-0.2, -0.15) is 5.26 Å². The van der Waals surface area contributed by atoms with Gasteiger partial charge in [-0.25, -0.2) is 0 Å². The maximum atomic E-state index is 12.3. The number of pyridine rings is 1. The van der Waals surface area contributed by atoms with Gasteiger partial charge in [0.1, 0.15) is 5.69 Å². The third-order valence-electron chi connectivity index (χ3n) is 3.47. The van der Waals surface area contributed by atoms with E-state index in [1.807, 2.05) is 39.8 Å². The van der Waals surface area contributed by atoms with Crippen LogP contribution in [0.3, 0.4) is 0 Å². The fourth-order valence-electron chi connectivity index (χ4n) is 2.19. The summed E-state index contributed by atoms with van der Waals surface area (Å²) in [7, 11) is 0. The summed E-state index contributed by atoms with van der Waals surface area (Å²) in [5.41, 5.74) is 1.39. The molecule has 0 aliphatic rings. The highest BCUT2D eigenvalue weighted by molar-refractivity contribution is 5.93. The van der Waals surface area contributed by atoms with Crippen molar-refractivity contribution in [2.24, 2.45) is 5.92 Å². The monoisotopic (exact) mass is 288 g/mol. The first-order valence-corrected chi connectivity index (χ1v) is 7.47. The van der Waals surface area contributed by atoms with Crippen LogP contribution in [0.25, 0.3) is 0 Å². The van der Waals surface area contributed by atoms with E-state index in [2.05, 4.69) is 16.0 Å². The van der Waals surface area contributed by atoms with Crippen molar-refractivity contribution in [2.45, 2.75) is 27.7 Å². The van der Waals surface area contributed by atoms with Crippen LogP contribution >= 0.6 is 0 Å². The Morgan fingerprint density at radius 2 is 2.00 bits per heavy atom. The first kappa shape index (κ1) is 17.0. The zero-order chi connectivity index (χ0) is 15.8. The fraction of sp³-hybridized carbons (Fsp3) is 0.562. The second-order valence-electron chi connectivity index (χ2n) is 4.95. The van der Waals surface area contributed by atoms with E-state index in [1.165, 1.54) is 0 Å². The van der Waals surface area contributed by atoms with Crippen molar-refractivity contribution in [1.29, 1.82) is 5.26 Å². The second-order valence-corrected chi connectivity index (χ2v) is 4.95. The minimum Gasteiger partial charge on any atom is -0.370 e. The topological polar surface area (TPSA) is 60.2 Å². The number of nitriles is 1. The number of rotatable bonds is 7. The maximum absolute atomic E-state index is 12.3. The Labute approximate surface area is 127 Å². The summed E-state index contributed by atoms with van der Waals surface area (Å²) in [5.74, 6) is -0.105. The minimum atomic E-state index is -0.0555. The Morgan fingerprint density at radius 1 is 1.33 bits per heavy atom. The summed E-state index contributed by atoms with van der Waals surface area (Å²) in [4.78, 5) is 20.4. The van der Waals surface area contributed by atoms with Crippen molar-refractivity contribution in [1.82, 2.24) is 9.88 Å². The molecule has 1 atom stereocenters. The van der Waals surface area contributed by atoms with Crippen molar-refractivity contribution in [2.75, 3.05) is 31.1 Å². The zero-order valence-corrected chi connectivity index (χ0v) is 13.3. The highest BCUT2D eigenvalue weighted by Crippen LogP contribution is 2.17. The van der Waals surface area contributed by atoms with Crippen LogP contribution in [0.5, 0.6) is 0 Å². The number of anilines is 1. The molecule has 5 nitrogen and oxygen atoms in total. The average molecular weight is 288 g/mol. The summed E-state index contributed by atoms with van der Waals surface area (Å²) >= 11 is 0. The van der Waals surface area contributed by atoms with Gasteiger partial charge < -0.3 is 9.80 Å². The molecule has 0 aliphatic carbocycles. The van der Waals surface area contributed by atoms with Crippen LogP contribution in [0, 0.1) is 17.2 Å². The van der Waals surface area contributed by atoms with Gasteiger partial charge in [0, 0.05) is 38.1 Å². The molecule has 0 radical (unpaired) electrons. The van der Waals surface area contributed by atoms with Gasteiger partial charge in [0.2, 0.25) is 0 Å². The third kappa shape index (κ3) is 4.45. The smallest absolute Gasteiger partial charge is 0.272 e. The molecule has 1 aromatic heterocycles. The molecule has 0 bridgehead atoms. The minimum absolute atomic E-state index is 0.0498. The predicted octanol–water partition coefficient (Wildman–Crippen LogP) is 2.55. The van der Waals surface area contributed by atoms with Crippen LogP contribution in [0.4, 0.5) is 5.69 Å². The quantitative estimate of drug-likeness (QED) is 0.773. The molecule has 1 rings (SSSR count). The van der Waals surface area contributed by atoms with E-state index in [4.69, 9.17) is 5.26 Å². The molecule has 1 amide bonds. The maximum Gasteiger partial charge on any atom is 0.272 e. The van der Waals surface area contributed by atoms with E-state index in [1.54, 1.807) is 11.1 Å². The highest BCUT2D eigenvalue weighted by atomic mass is 16.2. The van der Waals surface area contributed by atoms with Gasteiger partial charge in [0.05, 0.1) is 12.0 Å². The molecule has 1 heterocycles. The number of hydrogen-bond acceptors (Lipinski definition) is 4. The molecule has 0 aliphatic heterocycles. The standard InChI is InChI=1S/C16H24N4O/c1-5-19(6-2)16(21)15-10-14(8-9-18-15)20(7-3)12-13(4)11-17/h8-10,13H,5-7,12H2,1-4H3. The molecule has 1 aromatic rings. The molecule has 114 valence electrons. The number of carbonyl (C=O) groups excluding carboxylic acids is 1. The van der Waals surface area contributed by atoms with Crippen LogP contribution in [-0.2, 0) is 0 Å². The van der Waals surface area contributed by atoms with Gasteiger partial charge in [0.25, 0.3) is 5.91 Å². The van der Waals surface area contributed by atoms with E-state index >= 15 is 0 Å². The normalized spacial score (nSPS) is 11.6. The number of carbonyl (C=O) groups is 1. The van der Waals surface area contributed by atoms with E-state index in [9.17, 15) is 4.79 Å².